The summed E-state index contributed by atoms with van der Waals surface area (Å²) in [6.07, 6.45) is 0.246. The molecule has 0 atom stereocenters. The Hall–Kier alpha value is -4.79. The van der Waals surface area contributed by atoms with Gasteiger partial charge in [-0.25, -0.2) is 19.3 Å². The number of carbonyl (C=O) groups is 1. The summed E-state index contributed by atoms with van der Waals surface area (Å²) >= 11 is 0. The number of aromatic nitrogens is 5. The number of hydrogen-bond acceptors (Lipinski definition) is 6. The third-order valence-electron chi connectivity index (χ3n) is 4.61. The maximum atomic E-state index is 13.1. The number of anilines is 2. The molecule has 0 bridgehead atoms. The van der Waals surface area contributed by atoms with Gasteiger partial charge in [0.1, 0.15) is 0 Å². The molecule has 12 heteroatoms. The minimum atomic E-state index is -4.66. The number of nitrogens with one attached hydrogen (secondary N) is 1. The van der Waals surface area contributed by atoms with Crippen LogP contribution in [0.5, 0.6) is 0 Å². The molecule has 2 N–H and O–H groups in total. The molecule has 0 saturated carbocycles. The number of carboxylic acids is 1. The van der Waals surface area contributed by atoms with E-state index in [1.807, 2.05) is 0 Å². The average Bonchev–Trinajstić information content (AvgIpc) is 3.29. The summed E-state index contributed by atoms with van der Waals surface area (Å²) in [6, 6.07) is 7.13. The third kappa shape index (κ3) is 4.68. The summed E-state index contributed by atoms with van der Waals surface area (Å²) in [7, 11) is 0. The lowest BCUT2D eigenvalue weighted by molar-refractivity contribution is -0.141. The zero-order valence-electron chi connectivity index (χ0n) is 17.4. The summed E-state index contributed by atoms with van der Waals surface area (Å²) in [5.41, 5.74) is 0.957. The van der Waals surface area contributed by atoms with Gasteiger partial charge in [0.15, 0.2) is 17.2 Å². The normalized spacial score (nSPS) is 11.1. The zero-order valence-corrected chi connectivity index (χ0v) is 17.4. The molecule has 0 saturated heterocycles. The van der Waals surface area contributed by atoms with E-state index >= 15 is 0 Å². The molecule has 0 amide bonds. The molecule has 4 rings (SSSR count). The maximum Gasteiger partial charge on any atom is 0.435 e. The number of rotatable bonds is 5. The van der Waals surface area contributed by atoms with E-state index in [1.54, 1.807) is 25.1 Å². The standard InChI is InChI=1S/C22H14F3N7O2/c1-12-5-15(26-2)8-16(6-12)29-21-28-11-17(13-7-14(20(33)34)10-27-9-13)19(30-21)32-4-3-18(31-32)22(23,24)25/h3-11H,1H3,(H,33,34)(H,28,29,30). The highest BCUT2D eigenvalue weighted by atomic mass is 19.4. The second-order valence-corrected chi connectivity index (χ2v) is 7.14. The number of alkyl halides is 3. The fourth-order valence-electron chi connectivity index (χ4n) is 3.14. The van der Waals surface area contributed by atoms with Gasteiger partial charge in [-0.05, 0) is 31.2 Å². The molecule has 3 aromatic heterocycles. The van der Waals surface area contributed by atoms with Gasteiger partial charge in [0.2, 0.25) is 5.95 Å². The fourth-order valence-corrected chi connectivity index (χ4v) is 3.14. The van der Waals surface area contributed by atoms with E-state index in [0.717, 1.165) is 28.7 Å². The summed E-state index contributed by atoms with van der Waals surface area (Å²) in [6.45, 7) is 9.01. The Morgan fingerprint density at radius 2 is 1.97 bits per heavy atom. The Labute approximate surface area is 190 Å². The number of pyridine rings is 1. The number of aromatic carboxylic acids is 1. The first-order valence-electron chi connectivity index (χ1n) is 9.59. The van der Waals surface area contributed by atoms with Crippen LogP contribution in [0.2, 0.25) is 0 Å². The van der Waals surface area contributed by atoms with Gasteiger partial charge in [-0.3, -0.25) is 4.98 Å². The highest BCUT2D eigenvalue weighted by molar-refractivity contribution is 5.89. The number of nitrogens with zero attached hydrogens (tertiary/aromatic N) is 6. The van der Waals surface area contributed by atoms with Crippen molar-refractivity contribution in [3.05, 3.63) is 83.4 Å². The number of hydrogen-bond donors (Lipinski definition) is 2. The monoisotopic (exact) mass is 465 g/mol. The van der Waals surface area contributed by atoms with Crippen LogP contribution in [0.25, 0.3) is 21.8 Å². The van der Waals surface area contributed by atoms with Gasteiger partial charge in [0, 0.05) is 41.6 Å². The molecule has 34 heavy (non-hydrogen) atoms. The zero-order chi connectivity index (χ0) is 24.5. The minimum absolute atomic E-state index is 0.0320. The third-order valence-corrected chi connectivity index (χ3v) is 4.61. The predicted molar refractivity (Wildman–Crippen MR) is 115 cm³/mol. The van der Waals surface area contributed by atoms with E-state index in [2.05, 4.69) is 30.2 Å². The Morgan fingerprint density at radius 1 is 1.18 bits per heavy atom. The number of benzene rings is 1. The van der Waals surface area contributed by atoms with Gasteiger partial charge in [-0.2, -0.15) is 23.3 Å². The fraction of sp³-hybridized carbons (Fsp3) is 0.0909. The van der Waals surface area contributed by atoms with E-state index in [0.29, 0.717) is 11.4 Å². The summed E-state index contributed by atoms with van der Waals surface area (Å²) < 4.78 is 40.3. The number of carboxylic acid groups (broad SMARTS) is 1. The Balaban J connectivity index is 1.83. The largest absolute Gasteiger partial charge is 0.478 e. The summed E-state index contributed by atoms with van der Waals surface area (Å²) in [4.78, 5) is 27.2. The van der Waals surface area contributed by atoms with E-state index in [4.69, 9.17) is 6.57 Å². The first-order chi connectivity index (χ1) is 16.1. The van der Waals surface area contributed by atoms with E-state index in [-0.39, 0.29) is 28.5 Å². The van der Waals surface area contributed by atoms with Crippen molar-refractivity contribution in [1.82, 2.24) is 24.7 Å². The van der Waals surface area contributed by atoms with Crippen LogP contribution in [0.4, 0.5) is 30.5 Å². The summed E-state index contributed by atoms with van der Waals surface area (Å²) in [5, 5.41) is 15.8. The van der Waals surface area contributed by atoms with Crippen LogP contribution in [0, 0.1) is 13.5 Å². The molecule has 9 nitrogen and oxygen atoms in total. The molecular formula is C22H14F3N7O2. The van der Waals surface area contributed by atoms with Crippen LogP contribution < -0.4 is 5.32 Å². The molecule has 0 aliphatic carbocycles. The van der Waals surface area contributed by atoms with Crippen LogP contribution in [-0.2, 0) is 6.18 Å². The molecule has 0 aliphatic rings. The van der Waals surface area contributed by atoms with Crippen molar-refractivity contribution in [2.24, 2.45) is 0 Å². The highest BCUT2D eigenvalue weighted by Crippen LogP contribution is 2.31. The molecule has 0 spiro atoms. The smallest absolute Gasteiger partial charge is 0.435 e. The Bertz CT molecular complexity index is 1440. The lowest BCUT2D eigenvalue weighted by Gasteiger charge is -2.12. The lowest BCUT2D eigenvalue weighted by atomic mass is 10.1. The topological polar surface area (TPSA) is 110 Å². The van der Waals surface area contributed by atoms with Crippen LogP contribution in [0.1, 0.15) is 21.6 Å². The number of halogens is 3. The molecule has 0 fully saturated rings. The maximum absolute atomic E-state index is 13.1. The van der Waals surface area contributed by atoms with Gasteiger partial charge in [0.25, 0.3) is 0 Å². The SMILES string of the molecule is [C-]#[N+]c1cc(C)cc(Nc2ncc(-c3cncc(C(=O)O)c3)c(-n3ccc(C(F)(F)F)n3)n2)c1. The minimum Gasteiger partial charge on any atom is -0.478 e. The van der Waals surface area contributed by atoms with Crippen LogP contribution in [-0.4, -0.2) is 35.8 Å². The van der Waals surface area contributed by atoms with E-state index < -0.39 is 17.8 Å². The van der Waals surface area contributed by atoms with Crippen molar-refractivity contribution < 1.29 is 23.1 Å². The quantitative estimate of drug-likeness (QED) is 0.397. The molecule has 0 radical (unpaired) electrons. The Kier molecular flexibility index (Phi) is 5.68. The van der Waals surface area contributed by atoms with Crippen molar-refractivity contribution in [2.45, 2.75) is 13.1 Å². The molecule has 1 aromatic carbocycles. The van der Waals surface area contributed by atoms with Gasteiger partial charge in [0.05, 0.1) is 12.1 Å². The predicted octanol–water partition coefficient (Wildman–Crippen LogP) is 5.04. The van der Waals surface area contributed by atoms with E-state index in [9.17, 15) is 23.1 Å². The molecule has 4 aromatic rings. The Morgan fingerprint density at radius 3 is 2.65 bits per heavy atom. The van der Waals surface area contributed by atoms with Crippen LogP contribution in [0.3, 0.4) is 0 Å². The van der Waals surface area contributed by atoms with Crippen molar-refractivity contribution in [3.8, 4) is 16.9 Å². The molecule has 170 valence electrons. The lowest BCUT2D eigenvalue weighted by Crippen LogP contribution is -2.10. The molecule has 3 heterocycles. The second kappa shape index (κ2) is 8.62. The highest BCUT2D eigenvalue weighted by Gasteiger charge is 2.34. The molecular weight excluding hydrogens is 451 g/mol. The van der Waals surface area contributed by atoms with Crippen molar-refractivity contribution in [1.29, 1.82) is 0 Å². The van der Waals surface area contributed by atoms with Crippen molar-refractivity contribution in [3.63, 3.8) is 0 Å². The average molecular weight is 465 g/mol. The number of aryl methyl sites for hydroxylation is 1. The molecule has 0 unspecified atom stereocenters. The van der Waals surface area contributed by atoms with Crippen LogP contribution in [0.15, 0.2) is 55.1 Å². The van der Waals surface area contributed by atoms with Gasteiger partial charge >= 0.3 is 12.1 Å². The molecule has 0 aliphatic heterocycles. The van der Waals surface area contributed by atoms with Gasteiger partial charge < -0.3 is 10.4 Å². The first kappa shape index (κ1) is 22.4. The van der Waals surface area contributed by atoms with E-state index in [1.165, 1.54) is 18.5 Å². The van der Waals surface area contributed by atoms with Gasteiger partial charge in [-0.15, -0.1) is 0 Å². The van der Waals surface area contributed by atoms with Crippen LogP contribution >= 0.6 is 0 Å². The van der Waals surface area contributed by atoms with Gasteiger partial charge in [-0.1, -0.05) is 11.6 Å². The first-order valence-corrected chi connectivity index (χ1v) is 9.59. The van der Waals surface area contributed by atoms with Crippen molar-refractivity contribution >= 4 is 23.3 Å². The van der Waals surface area contributed by atoms with Crippen molar-refractivity contribution in [2.75, 3.05) is 5.32 Å². The summed E-state index contributed by atoms with van der Waals surface area (Å²) in [5.74, 6) is -1.22. The second-order valence-electron chi connectivity index (χ2n) is 7.14.